The van der Waals surface area contributed by atoms with Gasteiger partial charge in [0.25, 0.3) is 0 Å². The molecule has 0 unspecified atom stereocenters. The van der Waals surface area contributed by atoms with Crippen LogP contribution >= 0.6 is 0 Å². The van der Waals surface area contributed by atoms with Gasteiger partial charge in [0.05, 0.1) is 18.2 Å². The molecule has 26 heteroatoms. The van der Waals surface area contributed by atoms with E-state index in [1.165, 1.54) is 13.8 Å². The van der Waals surface area contributed by atoms with Crippen LogP contribution in [0.2, 0.25) is 0 Å². The number of Topliss-reactive ketones (excluding diaryl/α,β-unsaturated/α-hetero) is 3. The lowest BCUT2D eigenvalue weighted by Gasteiger charge is -2.28. The standard InChI is InChI=1S/C60H103N13O13/c1-8-35(4)11-9-10-12-43(76)31-40(17-23-61)54(80)72-51(37(6)74)50(78)32-41(18-24-62)53(79)68-47-22-28-66-60(86)52(38(7)75)73-58(84)46(21-27-65)69-56(82)45(20-26-64)70-59(85)48(29-34(2)3)71-55(81)42(30-39-15-13-36(5)14-16-39)33-49(77)44(19-25-63)67-57(47)83/h13-16,34-35,37-38,40-42,44-48,51-52,74-75H,8-12,17-33,61-65H2,1-7H3,(H,66,86)(H,67,83)(H,68,79)(H,69,82)(H,70,85)(H,71,81)(H,72,80)(H,73,84)/t35-,37+,38+,40+,41+,42-,44-,45-,46-,47-,48-,51-,52-/m0/s1. The molecular weight excluding hydrogens is 1110 g/mol. The zero-order chi connectivity index (χ0) is 64.6. The number of hydrogen-bond donors (Lipinski definition) is 15. The summed E-state index contributed by atoms with van der Waals surface area (Å²) in [6, 6.07) is -2.95. The fourth-order valence-corrected chi connectivity index (χ4v) is 10.0. The number of aryl methyl sites for hydroxylation is 1. The van der Waals surface area contributed by atoms with E-state index in [9.17, 15) is 63.0 Å². The highest BCUT2D eigenvalue weighted by Gasteiger charge is 2.38. The number of aliphatic hydroxyl groups excluding tert-OH is 2. The minimum atomic E-state index is -1.67. The van der Waals surface area contributed by atoms with Gasteiger partial charge in [-0.3, -0.25) is 52.7 Å². The predicted molar refractivity (Wildman–Crippen MR) is 324 cm³/mol. The molecular formula is C60H103N13O13. The molecule has 0 spiro atoms. The van der Waals surface area contributed by atoms with E-state index in [0.717, 1.165) is 24.8 Å². The minimum Gasteiger partial charge on any atom is -0.391 e. The van der Waals surface area contributed by atoms with Gasteiger partial charge in [-0.2, -0.15) is 0 Å². The molecule has 0 aromatic heterocycles. The molecule has 486 valence electrons. The minimum absolute atomic E-state index is 0.000657. The van der Waals surface area contributed by atoms with Crippen molar-refractivity contribution < 1.29 is 63.0 Å². The molecule has 0 bridgehead atoms. The Balaban J connectivity index is 2.69. The van der Waals surface area contributed by atoms with Gasteiger partial charge in [0.15, 0.2) is 11.6 Å². The van der Waals surface area contributed by atoms with Crippen LogP contribution in [-0.2, 0) is 59.2 Å². The Morgan fingerprint density at radius 1 is 0.628 bits per heavy atom. The van der Waals surface area contributed by atoms with E-state index in [0.29, 0.717) is 17.9 Å². The fourth-order valence-electron chi connectivity index (χ4n) is 10.0. The lowest BCUT2D eigenvalue weighted by atomic mass is 9.89. The van der Waals surface area contributed by atoms with E-state index in [1.807, 2.05) is 32.9 Å². The van der Waals surface area contributed by atoms with E-state index in [2.05, 4.69) is 56.4 Å². The molecule has 2 rings (SSSR count). The van der Waals surface area contributed by atoms with Crippen LogP contribution in [0, 0.1) is 36.5 Å². The maximum atomic E-state index is 14.6. The molecule has 13 atom stereocenters. The normalized spacial score (nSPS) is 23.0. The highest BCUT2D eigenvalue weighted by molar-refractivity contribution is 5.99. The van der Waals surface area contributed by atoms with Gasteiger partial charge < -0.3 is 81.4 Å². The number of hydrogen-bond acceptors (Lipinski definition) is 18. The lowest BCUT2D eigenvalue weighted by molar-refractivity contribution is -0.137. The van der Waals surface area contributed by atoms with Gasteiger partial charge >= 0.3 is 0 Å². The van der Waals surface area contributed by atoms with Gasteiger partial charge in [0, 0.05) is 50.0 Å². The first-order valence-corrected chi connectivity index (χ1v) is 30.6. The molecule has 0 saturated carbocycles. The summed E-state index contributed by atoms with van der Waals surface area (Å²) in [5.41, 5.74) is 31.1. The number of carbonyl (C=O) groups is 11. The van der Waals surface area contributed by atoms with Gasteiger partial charge in [-0.25, -0.2) is 0 Å². The van der Waals surface area contributed by atoms with Crippen LogP contribution in [0.15, 0.2) is 24.3 Å². The number of benzene rings is 1. The molecule has 86 heavy (non-hydrogen) atoms. The van der Waals surface area contributed by atoms with Crippen molar-refractivity contribution in [2.75, 3.05) is 39.3 Å². The van der Waals surface area contributed by atoms with Gasteiger partial charge in [-0.05, 0) is 129 Å². The highest BCUT2D eigenvalue weighted by Crippen LogP contribution is 2.21. The second kappa shape index (κ2) is 40.2. The van der Waals surface area contributed by atoms with Crippen LogP contribution in [0.25, 0.3) is 0 Å². The molecule has 1 aromatic carbocycles. The van der Waals surface area contributed by atoms with Crippen LogP contribution in [-0.4, -0.2) is 169 Å². The van der Waals surface area contributed by atoms with Crippen LogP contribution in [0.4, 0.5) is 0 Å². The summed E-state index contributed by atoms with van der Waals surface area (Å²) in [4.78, 5) is 155. The van der Waals surface area contributed by atoms with Gasteiger partial charge in [-0.1, -0.05) is 76.8 Å². The van der Waals surface area contributed by atoms with E-state index >= 15 is 0 Å². The Bertz CT molecular complexity index is 2360. The molecule has 0 aliphatic carbocycles. The number of ketones is 3. The SMILES string of the molecule is CC[C@H](C)CCCCC(=O)C[C@@H](CCN)C(=O)N[C@H](C(=O)C[C@@H](CCN)C(=O)N[C@H]1CCNC(=O)[C@H]([C@@H](C)O)NC(=O)[C@H](CCN)NC(=O)[C@H](CCN)NC(=O)[C@H](CC(C)C)NC(=O)[C@@H](Cc2ccc(C)cc2)CC(=O)[C@H](CCN)NC1=O)[C@@H](C)O. The second-order valence-electron chi connectivity index (χ2n) is 23.5. The van der Waals surface area contributed by atoms with Crippen LogP contribution in [0.3, 0.4) is 0 Å². The molecule has 8 amide bonds. The maximum absolute atomic E-state index is 14.6. The van der Waals surface area contributed by atoms with Crippen molar-refractivity contribution in [1.29, 1.82) is 0 Å². The van der Waals surface area contributed by atoms with Crippen molar-refractivity contribution in [2.45, 2.75) is 206 Å². The summed E-state index contributed by atoms with van der Waals surface area (Å²) < 4.78 is 0. The Hall–Kier alpha value is -6.29. The van der Waals surface area contributed by atoms with Gasteiger partial charge in [0.1, 0.15) is 42.0 Å². The molecule has 26 nitrogen and oxygen atoms in total. The first-order chi connectivity index (χ1) is 40.7. The summed E-state index contributed by atoms with van der Waals surface area (Å²) in [7, 11) is 0. The number of unbranched alkanes of at least 4 members (excludes halogenated alkanes) is 1. The number of aliphatic hydroxyl groups is 2. The molecule has 1 saturated heterocycles. The average Bonchev–Trinajstić information content (AvgIpc) is 3.59. The summed E-state index contributed by atoms with van der Waals surface area (Å²) in [6.45, 7) is 11.3. The Kier molecular flexibility index (Phi) is 35.5. The Labute approximate surface area is 507 Å². The van der Waals surface area contributed by atoms with Crippen molar-refractivity contribution in [3.63, 3.8) is 0 Å². The first kappa shape index (κ1) is 75.8. The molecule has 0 radical (unpaired) electrons. The van der Waals surface area contributed by atoms with Crippen molar-refractivity contribution in [3.8, 4) is 0 Å². The van der Waals surface area contributed by atoms with E-state index in [4.69, 9.17) is 28.7 Å². The number of nitrogens with two attached hydrogens (primary N) is 5. The second-order valence-corrected chi connectivity index (χ2v) is 23.5. The van der Waals surface area contributed by atoms with Crippen molar-refractivity contribution in [1.82, 2.24) is 42.5 Å². The average molecular weight is 1210 g/mol. The van der Waals surface area contributed by atoms with E-state index in [-0.39, 0.29) is 102 Å². The largest absolute Gasteiger partial charge is 0.391 e. The summed E-state index contributed by atoms with van der Waals surface area (Å²) in [6.07, 6.45) is -1.26. The Morgan fingerprint density at radius 3 is 1.70 bits per heavy atom. The van der Waals surface area contributed by atoms with Crippen molar-refractivity contribution in [2.24, 2.45) is 58.3 Å². The first-order valence-electron chi connectivity index (χ1n) is 30.6. The van der Waals surface area contributed by atoms with Crippen LogP contribution in [0.5, 0.6) is 0 Å². The summed E-state index contributed by atoms with van der Waals surface area (Å²) >= 11 is 0. The third-order valence-corrected chi connectivity index (χ3v) is 15.4. The Morgan fingerprint density at radius 2 is 1.16 bits per heavy atom. The maximum Gasteiger partial charge on any atom is 0.245 e. The smallest absolute Gasteiger partial charge is 0.245 e. The number of nitrogens with one attached hydrogen (secondary N) is 8. The third kappa shape index (κ3) is 27.2. The molecule has 1 aliphatic rings. The topological polar surface area (TPSA) is 455 Å². The number of carbonyl (C=O) groups excluding carboxylic acids is 11. The van der Waals surface area contributed by atoms with E-state index < -0.39 is 157 Å². The number of rotatable bonds is 31. The van der Waals surface area contributed by atoms with Crippen molar-refractivity contribution in [3.05, 3.63) is 35.4 Å². The molecule has 1 heterocycles. The zero-order valence-electron chi connectivity index (χ0n) is 51.7. The predicted octanol–water partition coefficient (Wildman–Crippen LogP) is -1.66. The third-order valence-electron chi connectivity index (χ3n) is 15.4. The fraction of sp³-hybridized carbons (Fsp3) is 0.717. The van der Waals surface area contributed by atoms with Gasteiger partial charge in [0.2, 0.25) is 47.3 Å². The summed E-state index contributed by atoms with van der Waals surface area (Å²) in [5.74, 6) is -11.3. The van der Waals surface area contributed by atoms with E-state index in [1.54, 1.807) is 12.1 Å². The van der Waals surface area contributed by atoms with Crippen LogP contribution < -0.4 is 71.2 Å². The van der Waals surface area contributed by atoms with Gasteiger partial charge in [-0.15, -0.1) is 0 Å². The molecule has 1 aliphatic heterocycles. The monoisotopic (exact) mass is 1210 g/mol. The lowest BCUT2D eigenvalue weighted by Crippen LogP contribution is -2.60. The highest BCUT2D eigenvalue weighted by atomic mass is 16.3. The summed E-state index contributed by atoms with van der Waals surface area (Å²) in [5, 5.41) is 42.5. The molecule has 20 N–H and O–H groups in total. The van der Waals surface area contributed by atoms with Crippen molar-refractivity contribution >= 4 is 64.6 Å². The molecule has 1 fully saturated rings. The zero-order valence-corrected chi connectivity index (χ0v) is 51.7. The number of amides is 8. The quantitative estimate of drug-likeness (QED) is 0.0370. The molecule has 1 aromatic rings. The van der Waals surface area contributed by atoms with Crippen LogP contribution in [0.1, 0.15) is 149 Å².